The Morgan fingerprint density at radius 2 is 2.31 bits per heavy atom. The van der Waals surface area contributed by atoms with Gasteiger partial charge in [0, 0.05) is 20.3 Å². The second kappa shape index (κ2) is 6.12. The van der Waals surface area contributed by atoms with E-state index in [4.69, 9.17) is 16.3 Å². The molecule has 0 amide bonds. The van der Waals surface area contributed by atoms with Crippen molar-refractivity contribution in [2.75, 3.05) is 25.6 Å². The van der Waals surface area contributed by atoms with Crippen LogP contribution in [0.1, 0.15) is 12.8 Å². The molecule has 6 heteroatoms. The first kappa shape index (κ1) is 10.7. The van der Waals surface area contributed by atoms with Crippen LogP contribution in [0.5, 0.6) is 0 Å². The zero-order valence-electron chi connectivity index (χ0n) is 7.42. The fraction of sp³-hybridized carbons (Fsp3) is 0.714. The van der Waals surface area contributed by atoms with E-state index < -0.39 is 0 Å². The van der Waals surface area contributed by atoms with Gasteiger partial charge >= 0.3 is 0 Å². The smallest absolute Gasteiger partial charge is 0.186 e. The number of halogens is 1. The molecule has 1 heterocycles. The fourth-order valence-electron chi connectivity index (χ4n) is 0.861. The molecule has 0 unspecified atom stereocenters. The van der Waals surface area contributed by atoms with Crippen molar-refractivity contribution in [3.8, 4) is 0 Å². The molecule has 13 heavy (non-hydrogen) atoms. The Labute approximate surface area is 86.6 Å². The molecule has 1 aromatic rings. The van der Waals surface area contributed by atoms with Crippen LogP contribution in [0, 0.1) is 0 Å². The van der Waals surface area contributed by atoms with Gasteiger partial charge in [0.25, 0.3) is 0 Å². The van der Waals surface area contributed by atoms with Crippen LogP contribution < -0.4 is 5.32 Å². The highest BCUT2D eigenvalue weighted by Gasteiger charge is 2.02. The fourth-order valence-corrected chi connectivity index (χ4v) is 1.54. The maximum Gasteiger partial charge on any atom is 0.186 e. The van der Waals surface area contributed by atoms with E-state index in [1.165, 1.54) is 0 Å². The lowest BCUT2D eigenvalue weighted by molar-refractivity contribution is 0.194. The normalized spacial score (nSPS) is 10.3. The second-order valence-electron chi connectivity index (χ2n) is 2.53. The Hall–Kier alpha value is -0.390. The standard InChI is InChI=1S/C7H12ClN3OS/c1-12-5-3-2-4-9-7-6(8)10-13-11-7/h2-5H2,1H3,(H,9,11). The van der Waals surface area contributed by atoms with Crippen LogP contribution >= 0.6 is 23.3 Å². The molecule has 0 bridgehead atoms. The lowest BCUT2D eigenvalue weighted by Gasteiger charge is -2.01. The zero-order valence-corrected chi connectivity index (χ0v) is 8.99. The quantitative estimate of drug-likeness (QED) is 0.747. The largest absolute Gasteiger partial charge is 0.385 e. The number of ether oxygens (including phenoxy) is 1. The Balaban J connectivity index is 2.10. The Kier molecular flexibility index (Phi) is 5.03. The van der Waals surface area contributed by atoms with E-state index in [1.807, 2.05) is 0 Å². The summed E-state index contributed by atoms with van der Waals surface area (Å²) in [6, 6.07) is 0. The van der Waals surface area contributed by atoms with Crippen molar-refractivity contribution in [1.29, 1.82) is 0 Å². The van der Waals surface area contributed by atoms with Crippen LogP contribution in [0.25, 0.3) is 0 Å². The lowest BCUT2D eigenvalue weighted by atomic mass is 10.3. The molecule has 0 fully saturated rings. The monoisotopic (exact) mass is 221 g/mol. The van der Waals surface area contributed by atoms with Crippen LogP contribution in [-0.2, 0) is 4.74 Å². The minimum Gasteiger partial charge on any atom is -0.385 e. The third-order valence-corrected chi connectivity index (χ3v) is 2.41. The van der Waals surface area contributed by atoms with Crippen molar-refractivity contribution in [1.82, 2.24) is 8.75 Å². The van der Waals surface area contributed by atoms with Gasteiger partial charge in [0.2, 0.25) is 0 Å². The van der Waals surface area contributed by atoms with E-state index in [2.05, 4.69) is 14.1 Å². The summed E-state index contributed by atoms with van der Waals surface area (Å²) >= 11 is 6.84. The predicted octanol–water partition coefficient (Wildman–Crippen LogP) is 2.03. The molecule has 0 aliphatic heterocycles. The van der Waals surface area contributed by atoms with E-state index in [0.717, 1.165) is 37.7 Å². The van der Waals surface area contributed by atoms with Gasteiger partial charge in [0.15, 0.2) is 11.0 Å². The van der Waals surface area contributed by atoms with Gasteiger partial charge in [-0.1, -0.05) is 11.6 Å². The number of hydrogen-bond acceptors (Lipinski definition) is 5. The van der Waals surface area contributed by atoms with Crippen LogP contribution in [0.4, 0.5) is 5.82 Å². The zero-order chi connectivity index (χ0) is 9.52. The van der Waals surface area contributed by atoms with Crippen molar-refractivity contribution in [3.05, 3.63) is 5.15 Å². The molecule has 0 atom stereocenters. The van der Waals surface area contributed by atoms with Gasteiger partial charge in [-0.2, -0.15) is 8.75 Å². The number of unbranched alkanes of at least 4 members (excludes halogenated alkanes) is 1. The van der Waals surface area contributed by atoms with Crippen molar-refractivity contribution in [2.45, 2.75) is 12.8 Å². The first-order valence-electron chi connectivity index (χ1n) is 4.05. The molecule has 74 valence electrons. The maximum atomic E-state index is 5.73. The SMILES string of the molecule is COCCCCNc1nsnc1Cl. The van der Waals surface area contributed by atoms with Crippen LogP contribution in [0.2, 0.25) is 5.15 Å². The molecule has 1 rings (SSSR count). The summed E-state index contributed by atoms with van der Waals surface area (Å²) in [5.74, 6) is 0.684. The van der Waals surface area contributed by atoms with Gasteiger partial charge in [0.05, 0.1) is 11.7 Å². The Bertz CT molecular complexity index is 243. The summed E-state index contributed by atoms with van der Waals surface area (Å²) in [4.78, 5) is 0. The van der Waals surface area contributed by atoms with E-state index in [9.17, 15) is 0 Å². The lowest BCUT2D eigenvalue weighted by Crippen LogP contribution is -2.03. The molecule has 0 aliphatic carbocycles. The highest BCUT2D eigenvalue weighted by molar-refractivity contribution is 6.99. The molecule has 4 nitrogen and oxygen atoms in total. The van der Waals surface area contributed by atoms with Gasteiger partial charge in [0.1, 0.15) is 0 Å². The second-order valence-corrected chi connectivity index (χ2v) is 3.42. The molecule has 0 aliphatic rings. The number of nitrogens with one attached hydrogen (secondary N) is 1. The van der Waals surface area contributed by atoms with E-state index in [-0.39, 0.29) is 0 Å². The summed E-state index contributed by atoms with van der Waals surface area (Å²) in [5, 5.41) is 3.56. The summed E-state index contributed by atoms with van der Waals surface area (Å²) < 4.78 is 12.8. The minimum atomic E-state index is 0.455. The first-order chi connectivity index (χ1) is 6.34. The van der Waals surface area contributed by atoms with Crippen molar-refractivity contribution < 1.29 is 4.74 Å². The van der Waals surface area contributed by atoms with E-state index in [0.29, 0.717) is 11.0 Å². The molecule has 0 saturated carbocycles. The summed E-state index contributed by atoms with van der Waals surface area (Å²) in [5.41, 5.74) is 0. The van der Waals surface area contributed by atoms with E-state index in [1.54, 1.807) is 7.11 Å². The average molecular weight is 222 g/mol. The third-order valence-electron chi connectivity index (χ3n) is 1.52. The van der Waals surface area contributed by atoms with E-state index >= 15 is 0 Å². The number of methoxy groups -OCH3 is 1. The predicted molar refractivity (Wildman–Crippen MR) is 54.5 cm³/mol. The molecule has 1 N–H and O–H groups in total. The van der Waals surface area contributed by atoms with Crippen molar-refractivity contribution in [3.63, 3.8) is 0 Å². The molecular weight excluding hydrogens is 210 g/mol. The topological polar surface area (TPSA) is 47.0 Å². The number of hydrogen-bond donors (Lipinski definition) is 1. The molecule has 0 spiro atoms. The van der Waals surface area contributed by atoms with Gasteiger partial charge in [-0.15, -0.1) is 0 Å². The first-order valence-corrected chi connectivity index (χ1v) is 5.16. The van der Waals surface area contributed by atoms with Gasteiger partial charge in [-0.25, -0.2) is 0 Å². The maximum absolute atomic E-state index is 5.73. The molecule has 0 radical (unpaired) electrons. The third kappa shape index (κ3) is 3.89. The number of aromatic nitrogens is 2. The Morgan fingerprint density at radius 3 is 2.92 bits per heavy atom. The highest BCUT2D eigenvalue weighted by Crippen LogP contribution is 2.17. The molecular formula is C7H12ClN3OS. The van der Waals surface area contributed by atoms with Gasteiger partial charge in [-0.3, -0.25) is 0 Å². The molecule has 0 aromatic carbocycles. The summed E-state index contributed by atoms with van der Waals surface area (Å²) in [7, 11) is 1.70. The molecule has 1 aromatic heterocycles. The molecule has 0 saturated heterocycles. The number of anilines is 1. The summed E-state index contributed by atoms with van der Waals surface area (Å²) in [6.45, 7) is 1.65. The number of nitrogens with zero attached hydrogens (tertiary/aromatic N) is 2. The van der Waals surface area contributed by atoms with Gasteiger partial charge in [-0.05, 0) is 12.8 Å². The average Bonchev–Trinajstić information content (AvgIpc) is 2.52. The van der Waals surface area contributed by atoms with Crippen molar-refractivity contribution >= 4 is 29.1 Å². The Morgan fingerprint density at radius 1 is 1.46 bits per heavy atom. The summed E-state index contributed by atoms with van der Waals surface area (Å²) in [6.07, 6.45) is 2.08. The van der Waals surface area contributed by atoms with Crippen LogP contribution in [0.3, 0.4) is 0 Å². The van der Waals surface area contributed by atoms with Crippen LogP contribution in [0.15, 0.2) is 0 Å². The van der Waals surface area contributed by atoms with Gasteiger partial charge < -0.3 is 10.1 Å². The highest BCUT2D eigenvalue weighted by atomic mass is 35.5. The van der Waals surface area contributed by atoms with Crippen LogP contribution in [-0.4, -0.2) is 29.0 Å². The van der Waals surface area contributed by atoms with Crippen molar-refractivity contribution in [2.24, 2.45) is 0 Å². The minimum absolute atomic E-state index is 0.455. The number of rotatable bonds is 6.